The Hall–Kier alpha value is -1.78. The van der Waals surface area contributed by atoms with Crippen LogP contribution < -0.4 is 9.65 Å². The summed E-state index contributed by atoms with van der Waals surface area (Å²) in [6, 6.07) is 0.835. The predicted octanol–water partition coefficient (Wildman–Crippen LogP) is 2.60. The Balaban J connectivity index is 3.50. The number of benzene rings is 1. The standard InChI is InChI=1S/C12H14BF4O5S/c1-7-9(11(18)21-12(2,3)4)5-8(13(14,15)16)6-10(7)22-23(17,19)20/h5-6H,1-4H3/q-1. The third-order valence-corrected chi connectivity index (χ3v) is 2.95. The minimum Gasteiger partial charge on any atom is -0.456 e. The van der Waals surface area contributed by atoms with E-state index in [1.165, 1.54) is 20.8 Å². The van der Waals surface area contributed by atoms with Crippen molar-refractivity contribution in [2.45, 2.75) is 33.3 Å². The maximum Gasteiger partial charge on any atom is 0.509 e. The second-order valence-electron chi connectivity index (χ2n) is 5.74. The van der Waals surface area contributed by atoms with E-state index in [0.29, 0.717) is 12.1 Å². The molecule has 0 aromatic heterocycles. The number of carbonyl (C=O) groups is 1. The maximum absolute atomic E-state index is 12.9. The Morgan fingerprint density at radius 3 is 2.09 bits per heavy atom. The summed E-state index contributed by atoms with van der Waals surface area (Å²) in [5.74, 6) is -2.04. The van der Waals surface area contributed by atoms with E-state index in [0.717, 1.165) is 6.92 Å². The van der Waals surface area contributed by atoms with Crippen LogP contribution in [-0.2, 0) is 15.2 Å². The Bertz CT molecular complexity index is 722. The Labute approximate surface area is 131 Å². The van der Waals surface area contributed by atoms with Gasteiger partial charge >= 0.3 is 23.5 Å². The van der Waals surface area contributed by atoms with E-state index < -0.39 is 45.8 Å². The lowest BCUT2D eigenvalue weighted by Crippen LogP contribution is -2.35. The second kappa shape index (κ2) is 6.02. The van der Waals surface area contributed by atoms with Crippen molar-refractivity contribution < 1.29 is 39.0 Å². The molecule has 1 aromatic rings. The molecule has 0 heterocycles. The van der Waals surface area contributed by atoms with Crippen molar-refractivity contribution in [2.75, 3.05) is 0 Å². The van der Waals surface area contributed by atoms with Crippen molar-refractivity contribution >= 4 is 28.9 Å². The molecule has 0 fully saturated rings. The second-order valence-corrected chi connectivity index (χ2v) is 6.70. The largest absolute Gasteiger partial charge is 0.509 e. The van der Waals surface area contributed by atoms with Crippen LogP contribution in [0.5, 0.6) is 5.75 Å². The smallest absolute Gasteiger partial charge is 0.456 e. The van der Waals surface area contributed by atoms with Crippen LogP contribution in [0.15, 0.2) is 12.1 Å². The number of hydrogen-bond donors (Lipinski definition) is 0. The van der Waals surface area contributed by atoms with E-state index in [4.69, 9.17) is 4.74 Å². The van der Waals surface area contributed by atoms with Gasteiger partial charge in [0.1, 0.15) is 11.4 Å². The van der Waals surface area contributed by atoms with Crippen molar-refractivity contribution in [3.8, 4) is 5.75 Å². The molecule has 0 saturated carbocycles. The minimum absolute atomic E-state index is 0.288. The van der Waals surface area contributed by atoms with Crippen LogP contribution in [0, 0.1) is 6.92 Å². The van der Waals surface area contributed by atoms with Crippen molar-refractivity contribution in [2.24, 2.45) is 0 Å². The van der Waals surface area contributed by atoms with Crippen molar-refractivity contribution in [3.63, 3.8) is 0 Å². The van der Waals surface area contributed by atoms with Crippen molar-refractivity contribution in [1.29, 1.82) is 0 Å². The number of halogens is 4. The summed E-state index contributed by atoms with van der Waals surface area (Å²) >= 11 is 0. The highest BCUT2D eigenvalue weighted by Crippen LogP contribution is 2.26. The topological polar surface area (TPSA) is 69.7 Å². The molecule has 0 aliphatic heterocycles. The highest BCUT2D eigenvalue weighted by Gasteiger charge is 2.30. The number of rotatable bonds is 4. The first-order chi connectivity index (χ1) is 10.1. The van der Waals surface area contributed by atoms with E-state index in [-0.39, 0.29) is 5.56 Å². The van der Waals surface area contributed by atoms with Crippen LogP contribution in [-0.4, -0.2) is 27.0 Å². The molecule has 5 nitrogen and oxygen atoms in total. The predicted molar refractivity (Wildman–Crippen MR) is 75.7 cm³/mol. The zero-order chi connectivity index (χ0) is 18.2. The van der Waals surface area contributed by atoms with Gasteiger partial charge < -0.3 is 21.9 Å². The van der Waals surface area contributed by atoms with E-state index in [1.807, 2.05) is 0 Å². The molecule has 0 saturated heterocycles. The third-order valence-electron chi connectivity index (χ3n) is 2.57. The molecule has 0 spiro atoms. The van der Waals surface area contributed by atoms with Crippen molar-refractivity contribution in [1.82, 2.24) is 0 Å². The van der Waals surface area contributed by atoms with Gasteiger partial charge in [-0.15, -0.1) is 5.46 Å². The molecule has 0 aliphatic rings. The van der Waals surface area contributed by atoms with Crippen LogP contribution in [0.4, 0.5) is 16.8 Å². The van der Waals surface area contributed by atoms with E-state index in [2.05, 4.69) is 4.18 Å². The molecule has 0 radical (unpaired) electrons. The van der Waals surface area contributed by atoms with Crippen LogP contribution >= 0.6 is 0 Å². The molecule has 0 unspecified atom stereocenters. The van der Waals surface area contributed by atoms with E-state index >= 15 is 0 Å². The van der Waals surface area contributed by atoms with E-state index in [1.54, 1.807) is 0 Å². The van der Waals surface area contributed by atoms with Crippen LogP contribution in [0.3, 0.4) is 0 Å². The Kier molecular flexibility index (Phi) is 5.05. The summed E-state index contributed by atoms with van der Waals surface area (Å²) in [7, 11) is -5.55. The fraction of sp³-hybridized carbons (Fsp3) is 0.417. The van der Waals surface area contributed by atoms with Gasteiger partial charge in [0.05, 0.1) is 5.56 Å². The van der Waals surface area contributed by atoms with Gasteiger partial charge in [0, 0.05) is 5.56 Å². The van der Waals surface area contributed by atoms with Gasteiger partial charge in [-0.05, 0) is 33.8 Å². The molecule has 0 bridgehead atoms. The number of carbonyl (C=O) groups excluding carboxylic acids is 1. The highest BCUT2D eigenvalue weighted by atomic mass is 32.3. The molecule has 11 heteroatoms. The van der Waals surface area contributed by atoms with Crippen LogP contribution in [0.2, 0.25) is 0 Å². The monoisotopic (exact) mass is 357 g/mol. The maximum atomic E-state index is 12.9. The zero-order valence-electron chi connectivity index (χ0n) is 12.7. The summed E-state index contributed by atoms with van der Waals surface area (Å²) in [5, 5.41) is 0. The minimum atomic E-state index is -5.58. The first-order valence-electron chi connectivity index (χ1n) is 6.32. The van der Waals surface area contributed by atoms with Gasteiger partial charge in [-0.3, -0.25) is 0 Å². The van der Waals surface area contributed by atoms with Gasteiger partial charge in [-0.1, -0.05) is 9.95 Å². The fourth-order valence-electron chi connectivity index (χ4n) is 1.64. The average Bonchev–Trinajstić information content (AvgIpc) is 2.25. The van der Waals surface area contributed by atoms with Crippen molar-refractivity contribution in [3.05, 3.63) is 23.3 Å². The molecule has 23 heavy (non-hydrogen) atoms. The van der Waals surface area contributed by atoms with Gasteiger partial charge in [0.15, 0.2) is 0 Å². The molecular weight excluding hydrogens is 343 g/mol. The lowest BCUT2D eigenvalue weighted by molar-refractivity contribution is 0.00684. The summed E-state index contributed by atoms with van der Waals surface area (Å²) in [4.78, 5) is 12.0. The van der Waals surface area contributed by atoms with Gasteiger partial charge in [0.25, 0.3) is 0 Å². The molecule has 0 amide bonds. The third kappa shape index (κ3) is 5.74. The highest BCUT2D eigenvalue weighted by molar-refractivity contribution is 7.81. The first-order valence-corrected chi connectivity index (χ1v) is 7.63. The summed E-state index contributed by atoms with van der Waals surface area (Å²) < 4.78 is 81.4. The summed E-state index contributed by atoms with van der Waals surface area (Å²) in [6.07, 6.45) is 0. The molecule has 130 valence electrons. The molecule has 1 rings (SSSR count). The average molecular weight is 357 g/mol. The van der Waals surface area contributed by atoms with Crippen LogP contribution in [0.25, 0.3) is 0 Å². The van der Waals surface area contributed by atoms with Crippen LogP contribution in [0.1, 0.15) is 36.7 Å². The van der Waals surface area contributed by atoms with Gasteiger partial charge in [-0.2, -0.15) is 8.42 Å². The summed E-state index contributed by atoms with van der Waals surface area (Å²) in [6.45, 7) is 0.0447. The van der Waals surface area contributed by atoms with Gasteiger partial charge in [-0.25, -0.2) is 4.79 Å². The lowest BCUT2D eigenvalue weighted by Gasteiger charge is -2.23. The van der Waals surface area contributed by atoms with Gasteiger partial charge in [0.2, 0.25) is 0 Å². The fourth-order valence-corrected chi connectivity index (χ4v) is 2.02. The molecule has 1 aromatic carbocycles. The van der Waals surface area contributed by atoms with E-state index in [9.17, 15) is 30.0 Å². The number of hydrogen-bond acceptors (Lipinski definition) is 5. The normalized spacial score (nSPS) is 12.9. The molecular formula is C12H14BF4O5S-. The molecule has 0 N–H and O–H groups in total. The number of ether oxygens (including phenoxy) is 1. The Morgan fingerprint density at radius 2 is 1.70 bits per heavy atom. The SMILES string of the molecule is Cc1c(OS(=O)(=O)F)cc([B-](F)(F)F)cc1C(=O)OC(C)(C)C. The molecule has 0 aliphatic carbocycles. The zero-order valence-corrected chi connectivity index (χ0v) is 13.5. The quantitative estimate of drug-likeness (QED) is 0.359. The molecule has 0 atom stereocenters. The lowest BCUT2D eigenvalue weighted by atomic mass is 9.78. The summed E-state index contributed by atoms with van der Waals surface area (Å²) in [5.41, 5.74) is -3.15. The Morgan fingerprint density at radius 1 is 1.17 bits per heavy atom. The number of esters is 1. The first kappa shape index (κ1) is 19.3.